The molecule has 2 heteroatoms. The van der Waals surface area contributed by atoms with E-state index in [-0.39, 0.29) is 0 Å². The average molecular weight is 216 g/mol. The summed E-state index contributed by atoms with van der Waals surface area (Å²) in [6, 6.07) is 7.98. The van der Waals surface area contributed by atoms with E-state index >= 15 is 0 Å². The summed E-state index contributed by atoms with van der Waals surface area (Å²) in [4.78, 5) is 0. The van der Waals surface area contributed by atoms with E-state index in [1.165, 1.54) is 25.7 Å². The molecule has 1 heterocycles. The lowest BCUT2D eigenvalue weighted by molar-refractivity contribution is 0.252. The van der Waals surface area contributed by atoms with Gasteiger partial charge in [0, 0.05) is 5.39 Å². The Balaban J connectivity index is 1.68. The Morgan fingerprint density at radius 3 is 2.94 bits per heavy atom. The summed E-state index contributed by atoms with van der Waals surface area (Å²) in [5, 5.41) is 1.11. The van der Waals surface area contributed by atoms with Crippen LogP contribution in [0.15, 0.2) is 34.9 Å². The number of rotatable bonds is 3. The molecule has 1 aromatic carbocycles. The molecule has 0 radical (unpaired) electrons. The summed E-state index contributed by atoms with van der Waals surface area (Å²) in [6.45, 7) is 0.864. The van der Waals surface area contributed by atoms with Gasteiger partial charge in [-0.2, -0.15) is 0 Å². The molecule has 0 bridgehead atoms. The number of hydrogen-bond acceptors (Lipinski definition) is 2. The van der Waals surface area contributed by atoms with Crippen molar-refractivity contribution in [2.45, 2.75) is 25.7 Å². The molecule has 1 aromatic heterocycles. The maximum absolute atomic E-state index is 5.83. The van der Waals surface area contributed by atoms with Gasteiger partial charge < -0.3 is 9.15 Å². The van der Waals surface area contributed by atoms with Crippen molar-refractivity contribution in [1.29, 1.82) is 0 Å². The van der Waals surface area contributed by atoms with E-state index in [4.69, 9.17) is 9.15 Å². The third kappa shape index (κ3) is 1.92. The average Bonchev–Trinajstić information content (AvgIpc) is 2.97. The summed E-state index contributed by atoms with van der Waals surface area (Å²) in [6.07, 6.45) is 7.11. The molecular weight excluding hydrogens is 200 g/mol. The fourth-order valence-electron chi connectivity index (χ4n) is 2.43. The monoisotopic (exact) mass is 216 g/mol. The largest absolute Gasteiger partial charge is 0.493 e. The Hall–Kier alpha value is -1.44. The third-order valence-electron chi connectivity index (χ3n) is 3.38. The van der Waals surface area contributed by atoms with Gasteiger partial charge in [0.25, 0.3) is 0 Å². The molecule has 1 saturated carbocycles. The van der Waals surface area contributed by atoms with Crippen molar-refractivity contribution in [3.8, 4) is 5.75 Å². The molecule has 1 aliphatic rings. The van der Waals surface area contributed by atoms with E-state index in [0.29, 0.717) is 0 Å². The van der Waals surface area contributed by atoms with Gasteiger partial charge >= 0.3 is 0 Å². The van der Waals surface area contributed by atoms with E-state index in [1.807, 2.05) is 24.3 Å². The van der Waals surface area contributed by atoms with Crippen LogP contribution in [0.25, 0.3) is 11.0 Å². The molecule has 1 fully saturated rings. The Morgan fingerprint density at radius 2 is 2.06 bits per heavy atom. The number of hydrogen-bond donors (Lipinski definition) is 0. The molecule has 0 amide bonds. The smallest absolute Gasteiger partial charge is 0.134 e. The van der Waals surface area contributed by atoms with Crippen LogP contribution in [0.5, 0.6) is 5.75 Å². The van der Waals surface area contributed by atoms with Crippen LogP contribution in [0.1, 0.15) is 25.7 Å². The second-order valence-electron chi connectivity index (χ2n) is 4.58. The van der Waals surface area contributed by atoms with Crippen molar-refractivity contribution in [2.24, 2.45) is 5.92 Å². The van der Waals surface area contributed by atoms with Crippen LogP contribution in [0.4, 0.5) is 0 Å². The molecule has 16 heavy (non-hydrogen) atoms. The highest BCUT2D eigenvalue weighted by Crippen LogP contribution is 2.27. The van der Waals surface area contributed by atoms with Gasteiger partial charge in [-0.25, -0.2) is 0 Å². The third-order valence-corrected chi connectivity index (χ3v) is 3.38. The zero-order valence-electron chi connectivity index (χ0n) is 9.32. The molecule has 0 aliphatic heterocycles. The van der Waals surface area contributed by atoms with Crippen LogP contribution in [0.2, 0.25) is 0 Å². The standard InChI is InChI=1S/C14H16O2/c1-2-4-11(3-1)10-16-13-5-6-14-12(9-13)7-8-15-14/h5-9,11H,1-4,10H2. The molecule has 3 rings (SSSR count). The van der Waals surface area contributed by atoms with Crippen molar-refractivity contribution in [1.82, 2.24) is 0 Å². The Bertz CT molecular complexity index is 466. The zero-order valence-corrected chi connectivity index (χ0v) is 9.32. The molecule has 2 aromatic rings. The van der Waals surface area contributed by atoms with Gasteiger partial charge in [-0.3, -0.25) is 0 Å². The van der Waals surface area contributed by atoms with Gasteiger partial charge in [0.15, 0.2) is 0 Å². The van der Waals surface area contributed by atoms with Gasteiger partial charge in [-0.1, -0.05) is 12.8 Å². The van der Waals surface area contributed by atoms with Crippen molar-refractivity contribution >= 4 is 11.0 Å². The minimum atomic E-state index is 0.764. The van der Waals surface area contributed by atoms with Crippen LogP contribution >= 0.6 is 0 Å². The molecule has 2 nitrogen and oxygen atoms in total. The Kier molecular flexibility index (Phi) is 2.56. The predicted molar refractivity (Wildman–Crippen MR) is 63.7 cm³/mol. The van der Waals surface area contributed by atoms with Crippen molar-refractivity contribution in [2.75, 3.05) is 6.61 Å². The predicted octanol–water partition coefficient (Wildman–Crippen LogP) is 4.00. The van der Waals surface area contributed by atoms with E-state index in [1.54, 1.807) is 6.26 Å². The summed E-state index contributed by atoms with van der Waals surface area (Å²) in [5.74, 6) is 1.72. The second-order valence-corrected chi connectivity index (χ2v) is 4.58. The van der Waals surface area contributed by atoms with Crippen LogP contribution < -0.4 is 4.74 Å². The maximum atomic E-state index is 5.83. The minimum Gasteiger partial charge on any atom is -0.493 e. The van der Waals surface area contributed by atoms with Crippen LogP contribution in [0, 0.1) is 5.92 Å². The number of ether oxygens (including phenoxy) is 1. The number of fused-ring (bicyclic) bond motifs is 1. The first-order valence-corrected chi connectivity index (χ1v) is 6.02. The quantitative estimate of drug-likeness (QED) is 0.773. The molecular formula is C14H16O2. The molecule has 0 unspecified atom stereocenters. The summed E-state index contributed by atoms with van der Waals surface area (Å²) >= 11 is 0. The van der Waals surface area contributed by atoms with E-state index in [2.05, 4.69) is 0 Å². The lowest BCUT2D eigenvalue weighted by Crippen LogP contribution is -2.07. The number of furan rings is 1. The lowest BCUT2D eigenvalue weighted by Gasteiger charge is -2.11. The molecule has 0 N–H and O–H groups in total. The number of benzene rings is 1. The first kappa shape index (κ1) is 9.76. The lowest BCUT2D eigenvalue weighted by atomic mass is 10.1. The highest BCUT2D eigenvalue weighted by Gasteiger charge is 2.15. The van der Waals surface area contributed by atoms with Gasteiger partial charge in [0.2, 0.25) is 0 Å². The first-order valence-electron chi connectivity index (χ1n) is 6.02. The molecule has 0 spiro atoms. The normalized spacial score (nSPS) is 17.0. The molecule has 0 saturated heterocycles. The summed E-state index contributed by atoms with van der Waals surface area (Å²) < 4.78 is 11.1. The molecule has 0 atom stereocenters. The topological polar surface area (TPSA) is 22.4 Å². The second kappa shape index (κ2) is 4.20. The van der Waals surface area contributed by atoms with Gasteiger partial charge in [-0.15, -0.1) is 0 Å². The SMILES string of the molecule is c1cc2cc(OCC3CCCC3)ccc2o1. The summed E-state index contributed by atoms with van der Waals surface area (Å²) in [7, 11) is 0. The summed E-state index contributed by atoms with van der Waals surface area (Å²) in [5.41, 5.74) is 0.924. The minimum absolute atomic E-state index is 0.764. The van der Waals surface area contributed by atoms with Gasteiger partial charge in [0.1, 0.15) is 11.3 Å². The van der Waals surface area contributed by atoms with Gasteiger partial charge in [0.05, 0.1) is 12.9 Å². The van der Waals surface area contributed by atoms with E-state index in [9.17, 15) is 0 Å². The molecule has 84 valence electrons. The van der Waals surface area contributed by atoms with Crippen LogP contribution in [0.3, 0.4) is 0 Å². The zero-order chi connectivity index (χ0) is 10.8. The van der Waals surface area contributed by atoms with E-state index < -0.39 is 0 Å². The van der Waals surface area contributed by atoms with Crippen LogP contribution in [-0.2, 0) is 0 Å². The van der Waals surface area contributed by atoms with Crippen molar-refractivity contribution < 1.29 is 9.15 Å². The highest BCUT2D eigenvalue weighted by atomic mass is 16.5. The van der Waals surface area contributed by atoms with Crippen molar-refractivity contribution in [3.05, 3.63) is 30.5 Å². The maximum Gasteiger partial charge on any atom is 0.134 e. The van der Waals surface area contributed by atoms with E-state index in [0.717, 1.165) is 29.2 Å². The van der Waals surface area contributed by atoms with Crippen LogP contribution in [-0.4, -0.2) is 6.61 Å². The highest BCUT2D eigenvalue weighted by molar-refractivity contribution is 5.78. The van der Waals surface area contributed by atoms with Crippen molar-refractivity contribution in [3.63, 3.8) is 0 Å². The van der Waals surface area contributed by atoms with Gasteiger partial charge in [-0.05, 0) is 43.0 Å². The first-order chi connectivity index (χ1) is 7.92. The fraction of sp³-hybridized carbons (Fsp3) is 0.429. The Labute approximate surface area is 95.2 Å². The Morgan fingerprint density at radius 1 is 1.19 bits per heavy atom. The fourth-order valence-corrected chi connectivity index (χ4v) is 2.43. The molecule has 1 aliphatic carbocycles.